The highest BCUT2D eigenvalue weighted by molar-refractivity contribution is 6.10. The van der Waals surface area contributed by atoms with E-state index in [2.05, 4.69) is 20.3 Å². The van der Waals surface area contributed by atoms with Gasteiger partial charge in [-0.15, -0.1) is 0 Å². The molecular weight excluding hydrogens is 383 g/mol. The molecule has 3 aromatic rings. The molecule has 0 saturated heterocycles. The summed E-state index contributed by atoms with van der Waals surface area (Å²) in [6, 6.07) is 3.89. The van der Waals surface area contributed by atoms with Crippen LogP contribution in [0.1, 0.15) is 43.2 Å². The van der Waals surface area contributed by atoms with E-state index in [0.29, 0.717) is 31.0 Å². The van der Waals surface area contributed by atoms with Crippen LogP contribution in [0.15, 0.2) is 30.7 Å². The van der Waals surface area contributed by atoms with Crippen LogP contribution in [0.4, 0.5) is 21.8 Å². The summed E-state index contributed by atoms with van der Waals surface area (Å²) in [7, 11) is 0. The molecule has 150 valence electrons. The van der Waals surface area contributed by atoms with Crippen LogP contribution in [0.25, 0.3) is 11.0 Å². The summed E-state index contributed by atoms with van der Waals surface area (Å²) in [5.74, 6) is 1.18. The average molecular weight is 402 g/mol. The monoisotopic (exact) mass is 402 g/mol. The van der Waals surface area contributed by atoms with Crippen molar-refractivity contribution in [2.24, 2.45) is 0 Å². The van der Waals surface area contributed by atoms with Gasteiger partial charge < -0.3 is 5.32 Å². The zero-order chi connectivity index (χ0) is 20.3. The highest BCUT2D eigenvalue weighted by Gasteiger charge is 2.76. The van der Waals surface area contributed by atoms with Gasteiger partial charge in [0, 0.05) is 49.1 Å². The van der Waals surface area contributed by atoms with Crippen LogP contribution >= 0.6 is 0 Å². The van der Waals surface area contributed by atoms with Crippen LogP contribution in [0.3, 0.4) is 0 Å². The van der Waals surface area contributed by atoms with E-state index in [0.717, 1.165) is 40.7 Å². The lowest BCUT2D eigenvalue weighted by Gasteiger charge is -2.68. The molecule has 2 bridgehead atoms. The summed E-state index contributed by atoms with van der Waals surface area (Å²) in [5.41, 5.74) is 2.42. The maximum Gasteiger partial charge on any atom is 0.239 e. The third kappa shape index (κ3) is 1.92. The second kappa shape index (κ2) is 4.94. The molecule has 0 unspecified atom stereocenters. The first kappa shape index (κ1) is 16.6. The van der Waals surface area contributed by atoms with Gasteiger partial charge in [-0.1, -0.05) is 0 Å². The number of aryl methyl sites for hydroxylation is 1. The van der Waals surface area contributed by atoms with Gasteiger partial charge in [-0.3, -0.25) is 19.7 Å². The largest absolute Gasteiger partial charge is 0.324 e. The van der Waals surface area contributed by atoms with Gasteiger partial charge in [0.1, 0.15) is 11.5 Å². The Labute approximate surface area is 171 Å². The Bertz CT molecular complexity index is 1270. The number of anilines is 3. The standard InChI is InChI=1S/C22H19FN6O/c1-12-6-15-16(25-5-4-24-15)7-14(12)27-19-26-8-13-17(28-19)29(18(30)22(13)2-3-22)21-9-20(23,10-21)11-21/h4-8H,2-3,9-11H2,1H3,(H,26,27,28). The Balaban J connectivity index is 1.29. The zero-order valence-corrected chi connectivity index (χ0v) is 16.4. The van der Waals surface area contributed by atoms with Crippen LogP contribution in [-0.2, 0) is 10.2 Å². The Morgan fingerprint density at radius 3 is 2.43 bits per heavy atom. The SMILES string of the molecule is Cc1cc2nccnc2cc1Nc1ncc2c(n1)N(C13CC(F)(C1)C3)C(=O)C21CC1. The van der Waals surface area contributed by atoms with Crippen LogP contribution < -0.4 is 10.2 Å². The molecule has 1 spiro atoms. The van der Waals surface area contributed by atoms with Crippen molar-refractivity contribution in [1.82, 2.24) is 19.9 Å². The molecule has 4 fully saturated rings. The number of hydrogen-bond donors (Lipinski definition) is 1. The molecule has 5 aliphatic rings. The van der Waals surface area contributed by atoms with Crippen LogP contribution in [0.5, 0.6) is 0 Å². The minimum atomic E-state index is -1.07. The molecule has 0 radical (unpaired) electrons. The number of carbonyl (C=O) groups excluding carboxylic acids is 1. The van der Waals surface area contributed by atoms with Crippen molar-refractivity contribution in [2.75, 3.05) is 10.2 Å². The number of alkyl halides is 1. The number of halogens is 1. The maximum absolute atomic E-state index is 14.2. The van der Waals surface area contributed by atoms with Crippen molar-refractivity contribution < 1.29 is 9.18 Å². The number of hydrogen-bond acceptors (Lipinski definition) is 6. The fraction of sp³-hybridized carbons (Fsp3) is 0.409. The van der Waals surface area contributed by atoms with Crippen molar-refractivity contribution in [1.29, 1.82) is 0 Å². The first-order valence-electron chi connectivity index (χ1n) is 10.3. The zero-order valence-electron chi connectivity index (χ0n) is 16.4. The molecule has 1 aliphatic heterocycles. The minimum Gasteiger partial charge on any atom is -0.324 e. The van der Waals surface area contributed by atoms with E-state index in [1.54, 1.807) is 18.6 Å². The molecule has 3 heterocycles. The molecule has 1 amide bonds. The minimum absolute atomic E-state index is 0.0860. The van der Waals surface area contributed by atoms with E-state index >= 15 is 0 Å². The van der Waals surface area contributed by atoms with E-state index in [-0.39, 0.29) is 11.4 Å². The molecule has 8 heteroatoms. The van der Waals surface area contributed by atoms with Crippen LogP contribution in [0.2, 0.25) is 0 Å². The Kier molecular flexibility index (Phi) is 2.73. The van der Waals surface area contributed by atoms with Gasteiger partial charge in [0.05, 0.1) is 22.0 Å². The van der Waals surface area contributed by atoms with Gasteiger partial charge in [-0.2, -0.15) is 4.98 Å². The summed E-state index contributed by atoms with van der Waals surface area (Å²) in [4.78, 5) is 33.1. The van der Waals surface area contributed by atoms with Gasteiger partial charge in [0.2, 0.25) is 11.9 Å². The highest BCUT2D eigenvalue weighted by Crippen LogP contribution is 2.70. The predicted molar refractivity (Wildman–Crippen MR) is 108 cm³/mol. The summed E-state index contributed by atoms with van der Waals surface area (Å²) in [6.45, 7) is 1.99. The maximum atomic E-state index is 14.2. The van der Waals surface area contributed by atoms with Crippen molar-refractivity contribution in [3.63, 3.8) is 0 Å². The smallest absolute Gasteiger partial charge is 0.239 e. The lowest BCUT2D eigenvalue weighted by molar-refractivity contribution is -0.160. The van der Waals surface area contributed by atoms with Crippen molar-refractivity contribution in [3.8, 4) is 0 Å². The van der Waals surface area contributed by atoms with E-state index in [9.17, 15) is 9.18 Å². The molecule has 4 saturated carbocycles. The molecular formula is C22H19FN6O. The number of aromatic nitrogens is 4. The number of nitrogens with one attached hydrogen (secondary N) is 1. The number of nitrogens with zero attached hydrogens (tertiary/aromatic N) is 5. The van der Waals surface area contributed by atoms with Gasteiger partial charge in [0.15, 0.2) is 0 Å². The van der Waals surface area contributed by atoms with Crippen LogP contribution in [-0.4, -0.2) is 37.1 Å². The number of carbonyl (C=O) groups is 1. The van der Waals surface area contributed by atoms with E-state index < -0.39 is 11.1 Å². The summed E-state index contributed by atoms with van der Waals surface area (Å²) >= 11 is 0. The molecule has 4 aliphatic carbocycles. The first-order valence-corrected chi connectivity index (χ1v) is 10.3. The molecule has 2 aromatic heterocycles. The summed E-state index contributed by atoms with van der Waals surface area (Å²) in [5, 5.41) is 3.28. The number of benzene rings is 1. The first-order chi connectivity index (χ1) is 14.4. The topological polar surface area (TPSA) is 83.9 Å². The number of fused-ring (bicyclic) bond motifs is 3. The fourth-order valence-corrected chi connectivity index (χ4v) is 5.64. The molecule has 0 atom stereocenters. The second-order valence-electron chi connectivity index (χ2n) is 9.40. The average Bonchev–Trinajstić information content (AvgIpc) is 3.44. The Morgan fingerprint density at radius 1 is 1.07 bits per heavy atom. The second-order valence-corrected chi connectivity index (χ2v) is 9.40. The lowest BCUT2D eigenvalue weighted by Crippen LogP contribution is -2.78. The van der Waals surface area contributed by atoms with Gasteiger partial charge in [0.25, 0.3) is 0 Å². The Hall–Kier alpha value is -3.16. The number of rotatable bonds is 3. The molecule has 30 heavy (non-hydrogen) atoms. The van der Waals surface area contributed by atoms with Crippen molar-refractivity contribution in [3.05, 3.63) is 41.9 Å². The predicted octanol–water partition coefficient (Wildman–Crippen LogP) is 3.49. The lowest BCUT2D eigenvalue weighted by atomic mass is 9.46. The van der Waals surface area contributed by atoms with Gasteiger partial charge in [-0.25, -0.2) is 9.37 Å². The van der Waals surface area contributed by atoms with Crippen molar-refractivity contribution >= 4 is 34.4 Å². The Morgan fingerprint density at radius 2 is 1.77 bits per heavy atom. The fourth-order valence-electron chi connectivity index (χ4n) is 5.64. The van der Waals surface area contributed by atoms with E-state index in [4.69, 9.17) is 4.98 Å². The molecule has 7 nitrogen and oxygen atoms in total. The third-order valence-corrected chi connectivity index (χ3v) is 7.33. The highest BCUT2D eigenvalue weighted by atomic mass is 19.1. The van der Waals surface area contributed by atoms with Crippen LogP contribution in [0, 0.1) is 6.92 Å². The normalized spacial score (nSPS) is 29.5. The van der Waals surface area contributed by atoms with E-state index in [1.165, 1.54) is 0 Å². The van der Waals surface area contributed by atoms with Gasteiger partial charge in [-0.05, 0) is 37.5 Å². The quantitative estimate of drug-likeness (QED) is 0.722. The molecule has 1 aromatic carbocycles. The van der Waals surface area contributed by atoms with Crippen molar-refractivity contribution in [2.45, 2.75) is 55.7 Å². The molecule has 8 rings (SSSR count). The number of amides is 1. The summed E-state index contributed by atoms with van der Waals surface area (Å²) in [6.07, 6.45) is 8.04. The molecule has 1 N–H and O–H groups in total. The third-order valence-electron chi connectivity index (χ3n) is 7.33. The van der Waals surface area contributed by atoms with E-state index in [1.807, 2.05) is 24.0 Å². The van der Waals surface area contributed by atoms with Gasteiger partial charge >= 0.3 is 0 Å². The summed E-state index contributed by atoms with van der Waals surface area (Å²) < 4.78 is 14.2.